The maximum Gasteiger partial charge on any atom is 0.534 e. The third-order valence-corrected chi connectivity index (χ3v) is 3.25. The number of alkyl halides is 1. The normalized spacial score (nSPS) is 12.1. The van der Waals surface area contributed by atoms with E-state index in [0.717, 1.165) is 13.0 Å². The Labute approximate surface area is 91.5 Å². The number of nitrogens with one attached hydrogen (secondary N) is 1. The molecule has 0 saturated carbocycles. The second-order valence-electron chi connectivity index (χ2n) is 2.90. The molecule has 0 rings (SSSR count). The predicted molar refractivity (Wildman–Crippen MR) is 59.9 cm³/mol. The number of nitrogens with zero attached hydrogens (tertiary/aromatic N) is 1. The second kappa shape index (κ2) is 9.81. The second-order valence-corrected chi connectivity index (χ2v) is 4.71. The summed E-state index contributed by atoms with van der Waals surface area (Å²) in [6.07, 6.45) is 1.58. The minimum atomic E-state index is -1.53. The molecular weight excluding hydrogens is 223 g/mol. The molecule has 0 spiro atoms. The fourth-order valence-corrected chi connectivity index (χ4v) is 2.49. The van der Waals surface area contributed by atoms with E-state index in [9.17, 15) is 4.57 Å². The zero-order chi connectivity index (χ0) is 10.8. The lowest BCUT2D eigenvalue weighted by atomic mass is 10.4. The molecule has 0 aliphatic rings. The van der Waals surface area contributed by atoms with E-state index in [1.165, 1.54) is 0 Å². The molecule has 0 aromatic heterocycles. The van der Waals surface area contributed by atoms with Crippen molar-refractivity contribution in [2.75, 3.05) is 32.1 Å². The third-order valence-electron chi connectivity index (χ3n) is 1.67. The van der Waals surface area contributed by atoms with Gasteiger partial charge in [-0.2, -0.15) is 0 Å². The Hall–Kier alpha value is 0.270. The van der Waals surface area contributed by atoms with Gasteiger partial charge in [0.05, 0.1) is 6.54 Å². The van der Waals surface area contributed by atoms with Gasteiger partial charge in [0.25, 0.3) is 0 Å². The summed E-state index contributed by atoms with van der Waals surface area (Å²) in [6, 6.07) is 0. The molecule has 1 atom stereocenters. The van der Waals surface area contributed by atoms with Crippen molar-refractivity contribution in [1.29, 1.82) is 0 Å². The fraction of sp³-hybridized carbons (Fsp3) is 1.00. The van der Waals surface area contributed by atoms with Crippen LogP contribution in [0.4, 0.5) is 0 Å². The SMILES string of the molecule is CCCN[P+](=O)N(CCCl)CCCO. The predicted octanol–water partition coefficient (Wildman–Crippen LogP) is 1.57. The first-order valence-corrected chi connectivity index (χ1v) is 6.63. The maximum absolute atomic E-state index is 11.6. The number of halogens is 1. The Balaban J connectivity index is 3.84. The van der Waals surface area contributed by atoms with Gasteiger partial charge in [-0.15, -0.1) is 11.6 Å². The monoisotopic (exact) mass is 241 g/mol. The highest BCUT2D eigenvalue weighted by atomic mass is 35.5. The maximum atomic E-state index is 11.6. The molecule has 0 aliphatic heterocycles. The smallest absolute Gasteiger partial charge is 0.396 e. The summed E-state index contributed by atoms with van der Waals surface area (Å²) in [7, 11) is -1.53. The Kier molecular flexibility index (Phi) is 10.0. The summed E-state index contributed by atoms with van der Waals surface area (Å²) in [5, 5.41) is 11.6. The summed E-state index contributed by atoms with van der Waals surface area (Å²) >= 11 is 5.59. The van der Waals surface area contributed by atoms with Crippen LogP contribution in [-0.4, -0.2) is 41.9 Å². The van der Waals surface area contributed by atoms with E-state index < -0.39 is 8.10 Å². The van der Waals surface area contributed by atoms with Crippen LogP contribution in [0.15, 0.2) is 0 Å². The molecular formula is C8H19ClN2O2P+. The van der Waals surface area contributed by atoms with Crippen LogP contribution in [-0.2, 0) is 4.57 Å². The van der Waals surface area contributed by atoms with Crippen LogP contribution in [0, 0.1) is 0 Å². The van der Waals surface area contributed by atoms with E-state index in [1.54, 1.807) is 4.67 Å². The fourth-order valence-electron chi connectivity index (χ4n) is 0.952. The third kappa shape index (κ3) is 6.68. The molecule has 0 amide bonds. The molecule has 0 aliphatic carbocycles. The van der Waals surface area contributed by atoms with Crippen molar-refractivity contribution in [3.8, 4) is 0 Å². The molecule has 0 bridgehead atoms. The molecule has 14 heavy (non-hydrogen) atoms. The molecule has 0 aromatic rings. The molecule has 84 valence electrons. The highest BCUT2D eigenvalue weighted by molar-refractivity contribution is 7.39. The quantitative estimate of drug-likeness (QED) is 0.475. The lowest BCUT2D eigenvalue weighted by Crippen LogP contribution is -2.25. The molecule has 2 N–H and O–H groups in total. The first-order valence-electron chi connectivity index (χ1n) is 4.88. The summed E-state index contributed by atoms with van der Waals surface area (Å²) in [6.45, 7) is 4.10. The van der Waals surface area contributed by atoms with Crippen molar-refractivity contribution in [1.82, 2.24) is 9.76 Å². The average molecular weight is 242 g/mol. The zero-order valence-corrected chi connectivity index (χ0v) is 10.2. The van der Waals surface area contributed by atoms with Crippen molar-refractivity contribution in [2.45, 2.75) is 19.8 Å². The first kappa shape index (κ1) is 14.3. The lowest BCUT2D eigenvalue weighted by Gasteiger charge is -2.07. The Morgan fingerprint density at radius 2 is 2.21 bits per heavy atom. The van der Waals surface area contributed by atoms with Gasteiger partial charge >= 0.3 is 8.10 Å². The van der Waals surface area contributed by atoms with Crippen molar-refractivity contribution in [2.24, 2.45) is 0 Å². The summed E-state index contributed by atoms with van der Waals surface area (Å²) in [4.78, 5) is 0. The van der Waals surface area contributed by atoms with E-state index in [4.69, 9.17) is 16.7 Å². The highest BCUT2D eigenvalue weighted by Gasteiger charge is 2.25. The van der Waals surface area contributed by atoms with Gasteiger partial charge in [-0.25, -0.2) is 0 Å². The van der Waals surface area contributed by atoms with Gasteiger partial charge < -0.3 is 5.11 Å². The number of rotatable bonds is 9. The topological polar surface area (TPSA) is 52.6 Å². The average Bonchev–Trinajstić information content (AvgIpc) is 2.20. The summed E-state index contributed by atoms with van der Waals surface area (Å²) < 4.78 is 13.4. The van der Waals surface area contributed by atoms with Crippen molar-refractivity contribution < 1.29 is 9.67 Å². The van der Waals surface area contributed by atoms with E-state index in [-0.39, 0.29) is 6.61 Å². The van der Waals surface area contributed by atoms with Crippen LogP contribution in [0.25, 0.3) is 0 Å². The summed E-state index contributed by atoms with van der Waals surface area (Å²) in [5.74, 6) is 0.459. The number of hydrogen-bond acceptors (Lipinski definition) is 2. The first-order chi connectivity index (χ1) is 6.76. The molecule has 0 aromatic carbocycles. The van der Waals surface area contributed by atoms with Gasteiger partial charge in [-0.1, -0.05) is 16.7 Å². The van der Waals surface area contributed by atoms with E-state index in [1.807, 2.05) is 6.92 Å². The van der Waals surface area contributed by atoms with Crippen LogP contribution in [0.1, 0.15) is 19.8 Å². The molecule has 0 saturated heterocycles. The van der Waals surface area contributed by atoms with Crippen molar-refractivity contribution in [3.05, 3.63) is 0 Å². The van der Waals surface area contributed by atoms with Gasteiger partial charge in [-0.3, -0.25) is 0 Å². The van der Waals surface area contributed by atoms with Crippen LogP contribution >= 0.6 is 19.7 Å². The molecule has 4 nitrogen and oxygen atoms in total. The van der Waals surface area contributed by atoms with Crippen LogP contribution in [0.2, 0.25) is 0 Å². The van der Waals surface area contributed by atoms with Crippen LogP contribution in [0.5, 0.6) is 0 Å². The van der Waals surface area contributed by atoms with Crippen LogP contribution in [0.3, 0.4) is 0 Å². The van der Waals surface area contributed by atoms with Gasteiger partial charge in [0.2, 0.25) is 0 Å². The van der Waals surface area contributed by atoms with Crippen LogP contribution < -0.4 is 5.09 Å². The number of aliphatic hydroxyl groups is 1. The van der Waals surface area contributed by atoms with Gasteiger partial charge in [-0.05, 0) is 17.4 Å². The van der Waals surface area contributed by atoms with Gasteiger partial charge in [0.15, 0.2) is 0 Å². The zero-order valence-electron chi connectivity index (χ0n) is 8.58. The Morgan fingerprint density at radius 3 is 2.71 bits per heavy atom. The van der Waals surface area contributed by atoms with Gasteiger partial charge in [0.1, 0.15) is 0 Å². The number of aliphatic hydroxyl groups excluding tert-OH is 1. The standard InChI is InChI=1S/C8H19ClN2O2P/c1-2-5-10-14(13)11(7-4-9)6-3-8-12/h12H,2-8H2,1H3,(H,10,13)/q+1. The largest absolute Gasteiger partial charge is 0.534 e. The molecule has 0 heterocycles. The summed E-state index contributed by atoms with van der Waals surface area (Å²) in [5.41, 5.74) is 0. The Morgan fingerprint density at radius 1 is 1.50 bits per heavy atom. The molecule has 1 unspecified atom stereocenters. The molecule has 0 radical (unpaired) electrons. The van der Waals surface area contributed by atoms with Crippen molar-refractivity contribution >= 4 is 19.7 Å². The minimum Gasteiger partial charge on any atom is -0.396 e. The minimum absolute atomic E-state index is 0.121. The van der Waals surface area contributed by atoms with Crippen molar-refractivity contribution in [3.63, 3.8) is 0 Å². The van der Waals surface area contributed by atoms with E-state index in [2.05, 4.69) is 5.09 Å². The highest BCUT2D eigenvalue weighted by Crippen LogP contribution is 2.21. The van der Waals surface area contributed by atoms with Gasteiger partial charge in [0, 0.05) is 25.6 Å². The molecule has 6 heteroatoms. The van der Waals surface area contributed by atoms with E-state index >= 15 is 0 Å². The van der Waals surface area contributed by atoms with E-state index in [0.29, 0.717) is 25.4 Å². The lowest BCUT2D eigenvalue weighted by molar-refractivity contribution is 0.271. The molecule has 0 fully saturated rings. The Bertz CT molecular complexity index is 160. The number of hydrogen-bond donors (Lipinski definition) is 2.